The van der Waals surface area contributed by atoms with E-state index in [2.05, 4.69) is 12.1 Å². The van der Waals surface area contributed by atoms with Gasteiger partial charge in [-0.25, -0.2) is 4.79 Å². The average molecular weight is 240 g/mol. The number of aromatic nitrogens is 2. The van der Waals surface area contributed by atoms with Gasteiger partial charge in [-0.05, 0) is 11.6 Å². The van der Waals surface area contributed by atoms with Crippen molar-refractivity contribution in [2.24, 2.45) is 5.18 Å². The number of nitrogens with two attached hydrogens (primary N) is 1. The number of rotatable bonds is 6. The van der Waals surface area contributed by atoms with Crippen LogP contribution in [0.25, 0.3) is 0 Å². The normalized spacial score (nSPS) is 10.4. The highest BCUT2D eigenvalue weighted by Crippen LogP contribution is 2.13. The van der Waals surface area contributed by atoms with Crippen LogP contribution in [0, 0.1) is 4.91 Å². The first-order chi connectivity index (χ1) is 8.11. The fourth-order valence-electron chi connectivity index (χ4n) is 1.58. The van der Waals surface area contributed by atoms with Crippen molar-refractivity contribution in [3.05, 3.63) is 25.7 Å². The van der Waals surface area contributed by atoms with Crippen molar-refractivity contribution in [2.45, 2.75) is 39.2 Å². The van der Waals surface area contributed by atoms with Gasteiger partial charge < -0.3 is 5.73 Å². The molecule has 0 aliphatic rings. The second-order valence-electron chi connectivity index (χ2n) is 3.80. The average Bonchev–Trinajstić information content (AvgIpc) is 2.28. The van der Waals surface area contributed by atoms with Gasteiger partial charge in [-0.2, -0.15) is 0 Å². The Labute approximate surface area is 97.6 Å². The number of nitrogens with one attached hydrogen (secondary N) is 1. The van der Waals surface area contributed by atoms with Crippen molar-refractivity contribution >= 4 is 11.5 Å². The van der Waals surface area contributed by atoms with Crippen LogP contribution in [0.1, 0.15) is 32.6 Å². The lowest BCUT2D eigenvalue weighted by Gasteiger charge is -2.08. The van der Waals surface area contributed by atoms with E-state index in [1.54, 1.807) is 0 Å². The molecule has 0 aliphatic heterocycles. The first kappa shape index (κ1) is 13.1. The number of hydrogen-bond acceptors (Lipinski definition) is 5. The molecule has 7 nitrogen and oxygen atoms in total. The highest BCUT2D eigenvalue weighted by molar-refractivity contribution is 5.55. The summed E-state index contributed by atoms with van der Waals surface area (Å²) in [4.78, 5) is 35.1. The lowest BCUT2D eigenvalue weighted by atomic mass is 10.2. The Morgan fingerprint density at radius 2 is 2.00 bits per heavy atom. The Hall–Kier alpha value is -1.92. The summed E-state index contributed by atoms with van der Waals surface area (Å²) < 4.78 is 1.17. The van der Waals surface area contributed by atoms with Crippen molar-refractivity contribution in [1.82, 2.24) is 9.55 Å². The van der Waals surface area contributed by atoms with Crippen molar-refractivity contribution in [1.29, 1.82) is 0 Å². The SMILES string of the molecule is CCCCCCn1c(N)c(N=O)c(=O)[nH]c1=O. The van der Waals surface area contributed by atoms with Gasteiger partial charge in [0.1, 0.15) is 5.82 Å². The largest absolute Gasteiger partial charge is 0.383 e. The van der Waals surface area contributed by atoms with Crippen LogP contribution in [0.2, 0.25) is 0 Å². The number of anilines is 1. The van der Waals surface area contributed by atoms with E-state index >= 15 is 0 Å². The van der Waals surface area contributed by atoms with E-state index in [0.29, 0.717) is 6.54 Å². The van der Waals surface area contributed by atoms with E-state index in [4.69, 9.17) is 5.73 Å². The molecule has 0 bridgehead atoms. The molecule has 0 aromatic carbocycles. The Balaban J connectivity index is 2.96. The van der Waals surface area contributed by atoms with Crippen LogP contribution in [0.3, 0.4) is 0 Å². The van der Waals surface area contributed by atoms with E-state index in [9.17, 15) is 14.5 Å². The van der Waals surface area contributed by atoms with Crippen molar-refractivity contribution < 1.29 is 0 Å². The molecule has 3 N–H and O–H groups in total. The van der Waals surface area contributed by atoms with E-state index in [1.165, 1.54) is 4.57 Å². The Morgan fingerprint density at radius 1 is 1.29 bits per heavy atom. The van der Waals surface area contributed by atoms with Gasteiger partial charge >= 0.3 is 5.69 Å². The molecule has 0 amide bonds. The molecule has 1 heterocycles. The quantitative estimate of drug-likeness (QED) is 0.572. The molecule has 1 aromatic heterocycles. The minimum absolute atomic E-state index is 0.162. The number of H-pyrrole nitrogens is 1. The lowest BCUT2D eigenvalue weighted by Crippen LogP contribution is -2.32. The van der Waals surface area contributed by atoms with Crippen LogP contribution < -0.4 is 17.0 Å². The number of nitroso groups, excluding NO2 is 1. The van der Waals surface area contributed by atoms with Crippen LogP contribution >= 0.6 is 0 Å². The van der Waals surface area contributed by atoms with Gasteiger partial charge in [-0.3, -0.25) is 14.3 Å². The smallest absolute Gasteiger partial charge is 0.330 e. The third-order valence-electron chi connectivity index (χ3n) is 2.54. The summed E-state index contributed by atoms with van der Waals surface area (Å²) in [7, 11) is 0. The zero-order valence-electron chi connectivity index (χ0n) is 9.73. The van der Waals surface area contributed by atoms with Gasteiger partial charge in [0.2, 0.25) is 5.69 Å². The standard InChI is InChI=1S/C10H16N4O3/c1-2-3-4-5-6-14-8(11)7(13-17)9(15)12-10(14)16/h2-6,11H2,1H3,(H,12,15,16). The highest BCUT2D eigenvalue weighted by atomic mass is 16.3. The zero-order valence-corrected chi connectivity index (χ0v) is 9.73. The number of unbranched alkanes of at least 4 members (excludes halogenated alkanes) is 3. The molecule has 0 saturated heterocycles. The first-order valence-corrected chi connectivity index (χ1v) is 5.57. The molecule has 94 valence electrons. The second-order valence-corrected chi connectivity index (χ2v) is 3.80. The van der Waals surface area contributed by atoms with Crippen molar-refractivity contribution in [3.63, 3.8) is 0 Å². The predicted octanol–water partition coefficient (Wildman–Crippen LogP) is 1.10. The molecule has 1 aromatic rings. The third kappa shape index (κ3) is 3.02. The molecule has 0 atom stereocenters. The molecule has 1 rings (SSSR count). The number of nitrogen functional groups attached to an aromatic ring is 1. The Morgan fingerprint density at radius 3 is 2.59 bits per heavy atom. The molecule has 0 saturated carbocycles. The van der Waals surface area contributed by atoms with Crippen LogP contribution in [-0.2, 0) is 6.54 Å². The Kier molecular flexibility index (Phi) is 4.62. The van der Waals surface area contributed by atoms with Crippen LogP contribution in [0.4, 0.5) is 11.5 Å². The molecule has 0 unspecified atom stereocenters. The van der Waals surface area contributed by atoms with Gasteiger partial charge in [0.15, 0.2) is 0 Å². The van der Waals surface area contributed by atoms with Gasteiger partial charge in [0.05, 0.1) is 0 Å². The highest BCUT2D eigenvalue weighted by Gasteiger charge is 2.12. The molecular formula is C10H16N4O3. The van der Waals surface area contributed by atoms with Crippen LogP contribution in [0.5, 0.6) is 0 Å². The maximum atomic E-state index is 11.5. The van der Waals surface area contributed by atoms with E-state index in [0.717, 1.165) is 25.7 Å². The minimum Gasteiger partial charge on any atom is -0.383 e. The second kappa shape index (κ2) is 5.97. The summed E-state index contributed by atoms with van der Waals surface area (Å²) in [5.41, 5.74) is 3.69. The zero-order chi connectivity index (χ0) is 12.8. The maximum Gasteiger partial charge on any atom is 0.330 e. The third-order valence-corrected chi connectivity index (χ3v) is 2.54. The molecule has 7 heteroatoms. The van der Waals surface area contributed by atoms with E-state index in [-0.39, 0.29) is 5.82 Å². The molecule has 0 fully saturated rings. The minimum atomic E-state index is -0.840. The van der Waals surface area contributed by atoms with Crippen LogP contribution in [-0.4, -0.2) is 9.55 Å². The van der Waals surface area contributed by atoms with Gasteiger partial charge in [-0.1, -0.05) is 26.2 Å². The summed E-state index contributed by atoms with van der Waals surface area (Å²) in [6, 6.07) is 0. The molecule has 17 heavy (non-hydrogen) atoms. The fourth-order valence-corrected chi connectivity index (χ4v) is 1.58. The summed E-state index contributed by atoms with van der Waals surface area (Å²) >= 11 is 0. The lowest BCUT2D eigenvalue weighted by molar-refractivity contribution is 0.566. The van der Waals surface area contributed by atoms with Gasteiger partial charge in [0, 0.05) is 6.54 Å². The summed E-state index contributed by atoms with van der Waals surface area (Å²) in [5, 5.41) is 2.54. The first-order valence-electron chi connectivity index (χ1n) is 5.57. The predicted molar refractivity (Wildman–Crippen MR) is 65.3 cm³/mol. The summed E-state index contributed by atoms with van der Waals surface area (Å²) in [6.07, 6.45) is 3.88. The van der Waals surface area contributed by atoms with E-state index in [1.807, 2.05) is 4.98 Å². The molecule has 0 spiro atoms. The maximum absolute atomic E-state index is 11.5. The number of hydrogen-bond donors (Lipinski definition) is 2. The summed E-state index contributed by atoms with van der Waals surface area (Å²) in [6.45, 7) is 2.46. The Bertz CT molecular complexity index is 503. The van der Waals surface area contributed by atoms with Crippen molar-refractivity contribution in [3.8, 4) is 0 Å². The number of nitrogens with zero attached hydrogens (tertiary/aromatic N) is 2. The number of aromatic amines is 1. The fraction of sp³-hybridized carbons (Fsp3) is 0.600. The van der Waals surface area contributed by atoms with Crippen molar-refractivity contribution in [2.75, 3.05) is 5.73 Å². The van der Waals surface area contributed by atoms with Gasteiger partial charge in [-0.15, -0.1) is 4.91 Å². The van der Waals surface area contributed by atoms with Crippen LogP contribution in [0.15, 0.2) is 14.8 Å². The molecule has 0 aliphatic carbocycles. The molecular weight excluding hydrogens is 224 g/mol. The van der Waals surface area contributed by atoms with Gasteiger partial charge in [0.25, 0.3) is 5.56 Å². The molecule has 0 radical (unpaired) electrons. The summed E-state index contributed by atoms with van der Waals surface area (Å²) in [5.74, 6) is -0.162. The topological polar surface area (TPSA) is 110 Å². The monoisotopic (exact) mass is 240 g/mol. The van der Waals surface area contributed by atoms with E-state index < -0.39 is 16.9 Å².